The van der Waals surface area contributed by atoms with E-state index >= 15 is 0 Å². The number of carbonyl (C=O) groups is 2. The lowest BCUT2D eigenvalue weighted by atomic mass is 10.3. The van der Waals surface area contributed by atoms with Crippen molar-refractivity contribution >= 4 is 29.3 Å². The number of methoxy groups -OCH3 is 1. The van der Waals surface area contributed by atoms with Crippen molar-refractivity contribution < 1.29 is 19.4 Å². The van der Waals surface area contributed by atoms with Crippen LogP contribution in [0.25, 0.3) is 0 Å². The number of urea groups is 1. The first kappa shape index (κ1) is 16.1. The number of halogens is 1. The molecule has 2 amide bonds. The number of carboxylic acids is 1. The van der Waals surface area contributed by atoms with E-state index in [1.54, 1.807) is 25.2 Å². The molecule has 0 heterocycles. The van der Waals surface area contributed by atoms with E-state index in [1.807, 2.05) is 0 Å². The van der Waals surface area contributed by atoms with E-state index in [2.05, 4.69) is 5.32 Å². The molecule has 0 aliphatic carbocycles. The fraction of sp³-hybridized carbons (Fsp3) is 0.385. The van der Waals surface area contributed by atoms with E-state index in [4.69, 9.17) is 21.4 Å². The van der Waals surface area contributed by atoms with Crippen LogP contribution >= 0.6 is 11.6 Å². The van der Waals surface area contributed by atoms with Crippen molar-refractivity contribution in [1.82, 2.24) is 4.90 Å². The van der Waals surface area contributed by atoms with Gasteiger partial charge in [-0.1, -0.05) is 11.6 Å². The highest BCUT2D eigenvalue weighted by molar-refractivity contribution is 6.33. The second-order valence-corrected chi connectivity index (χ2v) is 4.60. The van der Waals surface area contributed by atoms with Gasteiger partial charge < -0.3 is 20.1 Å². The maximum atomic E-state index is 11.9. The summed E-state index contributed by atoms with van der Waals surface area (Å²) in [5, 5.41) is 11.6. The van der Waals surface area contributed by atoms with Crippen molar-refractivity contribution in [3.8, 4) is 5.75 Å². The van der Waals surface area contributed by atoms with Gasteiger partial charge in [0.15, 0.2) is 0 Å². The van der Waals surface area contributed by atoms with Gasteiger partial charge in [-0.2, -0.15) is 0 Å². The van der Waals surface area contributed by atoms with Crippen LogP contribution in [0.4, 0.5) is 10.5 Å². The molecule has 7 heteroatoms. The Morgan fingerprint density at radius 1 is 1.45 bits per heavy atom. The molecule has 0 unspecified atom stereocenters. The molecule has 110 valence electrons. The van der Waals surface area contributed by atoms with Gasteiger partial charge in [-0.25, -0.2) is 4.79 Å². The number of nitrogens with one attached hydrogen (secondary N) is 1. The van der Waals surface area contributed by atoms with Crippen molar-refractivity contribution in [2.45, 2.75) is 12.8 Å². The van der Waals surface area contributed by atoms with Crippen LogP contribution in [0, 0.1) is 0 Å². The molecule has 20 heavy (non-hydrogen) atoms. The smallest absolute Gasteiger partial charge is 0.321 e. The standard InChI is InChI=1S/C13H17ClN2O4/c1-16(7-3-4-12(17)18)13(19)15-11-8-9(20-2)5-6-10(11)14/h5-6,8H,3-4,7H2,1-2H3,(H,15,19)(H,17,18). The maximum absolute atomic E-state index is 11.9. The molecule has 6 nitrogen and oxygen atoms in total. The summed E-state index contributed by atoms with van der Waals surface area (Å²) in [4.78, 5) is 23.7. The Bertz CT molecular complexity index is 493. The zero-order chi connectivity index (χ0) is 15.1. The zero-order valence-corrected chi connectivity index (χ0v) is 12.1. The predicted molar refractivity (Wildman–Crippen MR) is 76.5 cm³/mol. The molecule has 0 fully saturated rings. The molecule has 0 aliphatic heterocycles. The van der Waals surface area contributed by atoms with Crippen LogP contribution in [0.5, 0.6) is 5.75 Å². The average Bonchev–Trinajstić information content (AvgIpc) is 2.40. The zero-order valence-electron chi connectivity index (χ0n) is 11.4. The van der Waals surface area contributed by atoms with Gasteiger partial charge in [-0.15, -0.1) is 0 Å². The van der Waals surface area contributed by atoms with Gasteiger partial charge in [0.05, 0.1) is 17.8 Å². The van der Waals surface area contributed by atoms with Crippen LogP contribution in [-0.2, 0) is 4.79 Å². The third-order valence-corrected chi connectivity index (χ3v) is 2.98. The van der Waals surface area contributed by atoms with E-state index in [0.717, 1.165) is 0 Å². The summed E-state index contributed by atoms with van der Waals surface area (Å²) < 4.78 is 5.05. The number of carboxylic acid groups (broad SMARTS) is 1. The molecule has 0 bridgehead atoms. The number of aliphatic carboxylic acids is 1. The second-order valence-electron chi connectivity index (χ2n) is 4.19. The lowest BCUT2D eigenvalue weighted by Crippen LogP contribution is -2.32. The second kappa shape index (κ2) is 7.59. The molecule has 0 saturated heterocycles. The van der Waals surface area contributed by atoms with Crippen LogP contribution in [0.1, 0.15) is 12.8 Å². The maximum Gasteiger partial charge on any atom is 0.321 e. The molecule has 0 aliphatic rings. The SMILES string of the molecule is COc1ccc(Cl)c(NC(=O)N(C)CCCC(=O)O)c1. The third kappa shape index (κ3) is 4.97. The van der Waals surface area contributed by atoms with E-state index < -0.39 is 5.97 Å². The highest BCUT2D eigenvalue weighted by Crippen LogP contribution is 2.26. The summed E-state index contributed by atoms with van der Waals surface area (Å²) >= 11 is 5.98. The number of hydrogen-bond acceptors (Lipinski definition) is 3. The Kier molecular flexibility index (Phi) is 6.11. The van der Waals surface area contributed by atoms with Crippen molar-refractivity contribution in [3.05, 3.63) is 23.2 Å². The topological polar surface area (TPSA) is 78.9 Å². The van der Waals surface area contributed by atoms with Gasteiger partial charge in [0.1, 0.15) is 5.75 Å². The van der Waals surface area contributed by atoms with Gasteiger partial charge in [-0.05, 0) is 18.6 Å². The molecule has 1 aromatic rings. The molecule has 2 N–H and O–H groups in total. The minimum atomic E-state index is -0.880. The number of amides is 2. The molecule has 0 aromatic heterocycles. The summed E-state index contributed by atoms with van der Waals surface area (Å²) in [5.41, 5.74) is 0.445. The largest absolute Gasteiger partial charge is 0.497 e. The number of benzene rings is 1. The molecule has 0 spiro atoms. The number of ether oxygens (including phenoxy) is 1. The number of hydrogen-bond donors (Lipinski definition) is 2. The number of anilines is 1. The van der Waals surface area contributed by atoms with Crippen molar-refractivity contribution in [2.75, 3.05) is 26.0 Å². The molecule has 1 rings (SSSR count). The van der Waals surface area contributed by atoms with Crippen molar-refractivity contribution in [1.29, 1.82) is 0 Å². The predicted octanol–water partition coefficient (Wildman–Crippen LogP) is 2.68. The quantitative estimate of drug-likeness (QED) is 0.846. The molecule has 0 saturated carbocycles. The Labute approximate surface area is 122 Å². The fourth-order valence-corrected chi connectivity index (χ4v) is 1.67. The van der Waals surface area contributed by atoms with Gasteiger partial charge >= 0.3 is 12.0 Å². The first-order valence-corrected chi connectivity index (χ1v) is 6.39. The Morgan fingerprint density at radius 3 is 2.75 bits per heavy atom. The number of rotatable bonds is 6. The highest BCUT2D eigenvalue weighted by atomic mass is 35.5. The molecule has 0 atom stereocenters. The monoisotopic (exact) mass is 300 g/mol. The van der Waals surface area contributed by atoms with Crippen LogP contribution in [0.3, 0.4) is 0 Å². The third-order valence-electron chi connectivity index (χ3n) is 2.65. The summed E-state index contributed by atoms with van der Waals surface area (Å²) in [6, 6.07) is 4.57. The highest BCUT2D eigenvalue weighted by Gasteiger charge is 2.11. The summed E-state index contributed by atoms with van der Waals surface area (Å²) in [5.74, 6) is -0.298. The van der Waals surface area contributed by atoms with Gasteiger partial charge in [0.2, 0.25) is 0 Å². The van der Waals surface area contributed by atoms with Crippen LogP contribution in [0.2, 0.25) is 5.02 Å². The molecule has 1 aromatic carbocycles. The van der Waals surface area contributed by atoms with E-state index in [0.29, 0.717) is 29.4 Å². The summed E-state index contributed by atoms with van der Waals surface area (Å²) in [6.07, 6.45) is 0.419. The normalized spacial score (nSPS) is 9.95. The number of carbonyl (C=O) groups excluding carboxylic acids is 1. The molecular weight excluding hydrogens is 284 g/mol. The Hall–Kier alpha value is -1.95. The van der Waals surface area contributed by atoms with E-state index in [1.165, 1.54) is 12.0 Å². The minimum Gasteiger partial charge on any atom is -0.497 e. The first-order chi connectivity index (χ1) is 9.43. The van der Waals surface area contributed by atoms with Crippen molar-refractivity contribution in [3.63, 3.8) is 0 Å². The fourth-order valence-electron chi connectivity index (χ4n) is 1.51. The average molecular weight is 301 g/mol. The van der Waals surface area contributed by atoms with E-state index in [9.17, 15) is 9.59 Å². The lowest BCUT2D eigenvalue weighted by Gasteiger charge is -2.18. The minimum absolute atomic E-state index is 0.0253. The lowest BCUT2D eigenvalue weighted by molar-refractivity contribution is -0.137. The first-order valence-electron chi connectivity index (χ1n) is 6.01. The Morgan fingerprint density at radius 2 is 2.15 bits per heavy atom. The van der Waals surface area contributed by atoms with Crippen molar-refractivity contribution in [2.24, 2.45) is 0 Å². The molecule has 0 radical (unpaired) electrons. The Balaban J connectivity index is 2.58. The van der Waals surface area contributed by atoms with Gasteiger partial charge in [0, 0.05) is 26.1 Å². The number of nitrogens with zero attached hydrogens (tertiary/aromatic N) is 1. The van der Waals surface area contributed by atoms with Crippen LogP contribution < -0.4 is 10.1 Å². The summed E-state index contributed by atoms with van der Waals surface area (Å²) in [7, 11) is 3.11. The van der Waals surface area contributed by atoms with Crippen LogP contribution in [0.15, 0.2) is 18.2 Å². The molecular formula is C13H17ClN2O4. The van der Waals surface area contributed by atoms with E-state index in [-0.39, 0.29) is 12.5 Å². The summed E-state index contributed by atoms with van der Waals surface area (Å²) in [6.45, 7) is 0.347. The van der Waals surface area contributed by atoms with Gasteiger partial charge in [-0.3, -0.25) is 4.79 Å². The van der Waals surface area contributed by atoms with Crippen LogP contribution in [-0.4, -0.2) is 42.7 Å². The van der Waals surface area contributed by atoms with Gasteiger partial charge in [0.25, 0.3) is 0 Å².